The average Bonchev–Trinajstić information content (AvgIpc) is 2.71. The first-order valence-corrected chi connectivity index (χ1v) is 3.83. The highest BCUT2D eigenvalue weighted by Crippen LogP contribution is 2.17. The lowest BCUT2D eigenvalue weighted by Gasteiger charge is -2.00. The lowest BCUT2D eigenvalue weighted by atomic mass is 10.2. The summed E-state index contributed by atoms with van der Waals surface area (Å²) in [4.78, 5) is 11.8. The third-order valence-electron chi connectivity index (χ3n) is 1.72. The molecule has 1 N–H and O–H groups in total. The normalized spacial score (nSPS) is 10.0. The molecule has 0 aliphatic heterocycles. The second-order valence-electron chi connectivity index (χ2n) is 2.59. The molecule has 0 atom stereocenters. The fourth-order valence-electron chi connectivity index (χ4n) is 1.05. The summed E-state index contributed by atoms with van der Waals surface area (Å²) in [5, 5.41) is 20.2. The van der Waals surface area contributed by atoms with Crippen molar-refractivity contribution >= 4 is 6.29 Å². The van der Waals surface area contributed by atoms with Crippen molar-refractivity contribution in [2.24, 2.45) is 0 Å². The molecule has 2 rings (SSSR count). The van der Waals surface area contributed by atoms with Gasteiger partial charge in [-0.1, -0.05) is 0 Å². The highest BCUT2D eigenvalue weighted by atomic mass is 16.3. The van der Waals surface area contributed by atoms with Crippen LogP contribution in [0.15, 0.2) is 24.5 Å². The quantitative estimate of drug-likeness (QED) is 0.683. The Morgan fingerprint density at radius 1 is 1.43 bits per heavy atom. The molecule has 0 spiro atoms. The van der Waals surface area contributed by atoms with Crippen LogP contribution in [0.3, 0.4) is 0 Å². The van der Waals surface area contributed by atoms with E-state index >= 15 is 0 Å². The van der Waals surface area contributed by atoms with Crippen molar-refractivity contribution in [2.45, 2.75) is 0 Å². The van der Waals surface area contributed by atoms with Gasteiger partial charge in [-0.05, 0) is 23.4 Å². The lowest BCUT2D eigenvalue weighted by Crippen LogP contribution is -1.99. The Kier molecular flexibility index (Phi) is 1.94. The van der Waals surface area contributed by atoms with Gasteiger partial charge < -0.3 is 5.11 Å². The number of phenolic OH excluding ortho intramolecular Hbond substituents is 1. The molecule has 0 saturated heterocycles. The van der Waals surface area contributed by atoms with Crippen LogP contribution in [0.4, 0.5) is 0 Å². The van der Waals surface area contributed by atoms with E-state index in [-0.39, 0.29) is 11.3 Å². The van der Waals surface area contributed by atoms with Gasteiger partial charge in [0.1, 0.15) is 5.75 Å². The molecule has 70 valence electrons. The van der Waals surface area contributed by atoms with Gasteiger partial charge in [0, 0.05) is 0 Å². The first kappa shape index (κ1) is 8.36. The Bertz CT molecular complexity index is 452. The molecule has 0 aliphatic carbocycles. The van der Waals surface area contributed by atoms with E-state index in [2.05, 4.69) is 15.4 Å². The summed E-state index contributed by atoms with van der Waals surface area (Å²) >= 11 is 0. The lowest BCUT2D eigenvalue weighted by molar-refractivity contribution is 0.112. The van der Waals surface area contributed by atoms with Crippen molar-refractivity contribution in [1.82, 2.24) is 20.2 Å². The zero-order valence-corrected chi connectivity index (χ0v) is 7.03. The summed E-state index contributed by atoms with van der Waals surface area (Å²) in [6, 6.07) is 4.47. The summed E-state index contributed by atoms with van der Waals surface area (Å²) in [7, 11) is 0. The van der Waals surface area contributed by atoms with Gasteiger partial charge in [-0.3, -0.25) is 4.79 Å². The summed E-state index contributed by atoms with van der Waals surface area (Å²) < 4.78 is 0. The Morgan fingerprint density at radius 3 is 2.93 bits per heavy atom. The predicted molar refractivity (Wildman–Crippen MR) is 46.2 cm³/mol. The second kappa shape index (κ2) is 3.25. The van der Waals surface area contributed by atoms with Crippen LogP contribution in [0.5, 0.6) is 5.75 Å². The van der Waals surface area contributed by atoms with E-state index in [1.807, 2.05) is 0 Å². The molecule has 2 aromatic rings. The molecule has 0 unspecified atom stereocenters. The minimum atomic E-state index is -0.0659. The number of aromatic hydroxyl groups is 1. The van der Waals surface area contributed by atoms with Crippen molar-refractivity contribution in [3.05, 3.63) is 30.1 Å². The fraction of sp³-hybridized carbons (Fsp3) is 0. The number of phenols is 1. The smallest absolute Gasteiger partial charge is 0.162 e. The van der Waals surface area contributed by atoms with Crippen LogP contribution >= 0.6 is 0 Å². The predicted octanol–water partition coefficient (Wildman–Crippen LogP) is 0.180. The molecule has 0 amide bonds. The van der Waals surface area contributed by atoms with E-state index in [1.165, 1.54) is 23.3 Å². The SMILES string of the molecule is O=Cc1cc(-n2ncnn2)ccc1O. The molecular weight excluding hydrogens is 184 g/mol. The van der Waals surface area contributed by atoms with Gasteiger partial charge in [0.2, 0.25) is 0 Å². The van der Waals surface area contributed by atoms with Gasteiger partial charge in [-0.2, -0.15) is 0 Å². The van der Waals surface area contributed by atoms with Crippen LogP contribution in [0, 0.1) is 0 Å². The molecule has 1 heterocycles. The van der Waals surface area contributed by atoms with Crippen molar-refractivity contribution in [3.63, 3.8) is 0 Å². The van der Waals surface area contributed by atoms with E-state index < -0.39 is 0 Å². The van der Waals surface area contributed by atoms with Gasteiger partial charge >= 0.3 is 0 Å². The van der Waals surface area contributed by atoms with E-state index in [0.717, 1.165) is 0 Å². The van der Waals surface area contributed by atoms with Crippen molar-refractivity contribution < 1.29 is 9.90 Å². The molecule has 6 heteroatoms. The van der Waals surface area contributed by atoms with Crippen LogP contribution in [0.25, 0.3) is 5.69 Å². The number of tetrazole rings is 1. The van der Waals surface area contributed by atoms with Crippen molar-refractivity contribution in [1.29, 1.82) is 0 Å². The number of aldehydes is 1. The number of nitrogens with zero attached hydrogens (tertiary/aromatic N) is 4. The number of rotatable bonds is 2. The molecule has 0 aliphatic rings. The summed E-state index contributed by atoms with van der Waals surface area (Å²) in [6.45, 7) is 0. The summed E-state index contributed by atoms with van der Waals surface area (Å²) in [5.74, 6) is -0.0659. The zero-order chi connectivity index (χ0) is 9.97. The first-order chi connectivity index (χ1) is 6.81. The molecule has 1 aromatic heterocycles. The Balaban J connectivity index is 2.51. The van der Waals surface area contributed by atoms with Crippen LogP contribution < -0.4 is 0 Å². The van der Waals surface area contributed by atoms with Crippen molar-refractivity contribution in [3.8, 4) is 11.4 Å². The standard InChI is InChI=1S/C8H6N4O2/c13-4-6-3-7(1-2-8(6)14)12-10-5-9-11-12/h1-5,14H. The van der Waals surface area contributed by atoms with Crippen LogP contribution in [0.1, 0.15) is 10.4 Å². The number of carbonyl (C=O) groups excluding carboxylic acids is 1. The third-order valence-corrected chi connectivity index (χ3v) is 1.72. The van der Waals surface area contributed by atoms with Gasteiger partial charge in [-0.25, -0.2) is 0 Å². The minimum absolute atomic E-state index is 0.0659. The van der Waals surface area contributed by atoms with Gasteiger partial charge in [0.15, 0.2) is 12.6 Å². The molecule has 0 radical (unpaired) electrons. The van der Waals surface area contributed by atoms with E-state index in [1.54, 1.807) is 6.07 Å². The van der Waals surface area contributed by atoms with Gasteiger partial charge in [0.25, 0.3) is 0 Å². The minimum Gasteiger partial charge on any atom is -0.507 e. The summed E-state index contributed by atoms with van der Waals surface area (Å²) in [5.41, 5.74) is 0.766. The molecular formula is C8H6N4O2. The highest BCUT2D eigenvalue weighted by molar-refractivity contribution is 5.80. The molecule has 0 saturated carbocycles. The number of hydrogen-bond donors (Lipinski definition) is 1. The molecule has 14 heavy (non-hydrogen) atoms. The monoisotopic (exact) mass is 190 g/mol. The highest BCUT2D eigenvalue weighted by Gasteiger charge is 2.03. The second-order valence-corrected chi connectivity index (χ2v) is 2.59. The maximum absolute atomic E-state index is 10.5. The summed E-state index contributed by atoms with van der Waals surface area (Å²) in [6.07, 6.45) is 1.85. The number of aromatic nitrogens is 4. The van der Waals surface area contributed by atoms with E-state index in [0.29, 0.717) is 12.0 Å². The van der Waals surface area contributed by atoms with E-state index in [9.17, 15) is 9.90 Å². The third kappa shape index (κ3) is 1.33. The topological polar surface area (TPSA) is 80.9 Å². The molecule has 1 aromatic carbocycles. The van der Waals surface area contributed by atoms with Crippen LogP contribution in [-0.4, -0.2) is 31.6 Å². The van der Waals surface area contributed by atoms with Gasteiger partial charge in [-0.15, -0.1) is 15.0 Å². The Hall–Kier alpha value is -2.24. The number of carbonyl (C=O) groups is 1. The zero-order valence-electron chi connectivity index (χ0n) is 7.03. The van der Waals surface area contributed by atoms with Crippen LogP contribution in [0.2, 0.25) is 0 Å². The molecule has 0 fully saturated rings. The van der Waals surface area contributed by atoms with Gasteiger partial charge in [0.05, 0.1) is 11.3 Å². The molecule has 6 nitrogen and oxygen atoms in total. The van der Waals surface area contributed by atoms with E-state index in [4.69, 9.17) is 0 Å². The first-order valence-electron chi connectivity index (χ1n) is 3.83. The maximum atomic E-state index is 10.5. The Morgan fingerprint density at radius 2 is 2.29 bits per heavy atom. The largest absolute Gasteiger partial charge is 0.507 e. The average molecular weight is 190 g/mol. The Labute approximate surface area is 78.8 Å². The van der Waals surface area contributed by atoms with Crippen molar-refractivity contribution in [2.75, 3.05) is 0 Å². The number of benzene rings is 1. The fourth-order valence-corrected chi connectivity index (χ4v) is 1.05. The van der Waals surface area contributed by atoms with Crippen LogP contribution in [-0.2, 0) is 0 Å². The molecule has 0 bridgehead atoms. The number of hydrogen-bond acceptors (Lipinski definition) is 5. The maximum Gasteiger partial charge on any atom is 0.162 e.